The minimum absolute atomic E-state index is 0.105. The second-order valence-corrected chi connectivity index (χ2v) is 9.72. The fourth-order valence-electron chi connectivity index (χ4n) is 3.90. The number of aromatic nitrogens is 1. The van der Waals surface area contributed by atoms with Crippen LogP contribution in [-0.2, 0) is 30.4 Å². The van der Waals surface area contributed by atoms with Gasteiger partial charge in [-0.05, 0) is 48.0 Å². The highest BCUT2D eigenvalue weighted by Crippen LogP contribution is 2.23. The second-order valence-electron chi connectivity index (χ2n) is 8.29. The number of oxime groups is 1. The van der Waals surface area contributed by atoms with Gasteiger partial charge in [0.25, 0.3) is 0 Å². The van der Waals surface area contributed by atoms with E-state index >= 15 is 0 Å². The van der Waals surface area contributed by atoms with Crippen LogP contribution in [0.4, 0.5) is 0 Å². The number of thiazole rings is 1. The molecule has 0 spiro atoms. The van der Waals surface area contributed by atoms with E-state index in [-0.39, 0.29) is 17.1 Å². The minimum atomic E-state index is -0.792. The molecule has 206 valence electrons. The van der Waals surface area contributed by atoms with Gasteiger partial charge in [0.2, 0.25) is 0 Å². The van der Waals surface area contributed by atoms with Crippen molar-refractivity contribution >= 4 is 56.9 Å². The highest BCUT2D eigenvalue weighted by Gasteiger charge is 2.19. The number of nitrogens with zero attached hydrogens (tertiary/aromatic N) is 2. The van der Waals surface area contributed by atoms with Crippen LogP contribution >= 0.6 is 22.9 Å². The van der Waals surface area contributed by atoms with Crippen molar-refractivity contribution < 1.29 is 28.6 Å². The maximum Gasteiger partial charge on any atom is 0.345 e. The largest absolute Gasteiger partial charge is 0.492 e. The smallest absolute Gasteiger partial charge is 0.345 e. The van der Waals surface area contributed by atoms with Crippen LogP contribution in [0.5, 0.6) is 5.75 Å². The van der Waals surface area contributed by atoms with Crippen molar-refractivity contribution in [1.29, 1.82) is 0 Å². The van der Waals surface area contributed by atoms with Crippen molar-refractivity contribution in [2.45, 2.75) is 6.54 Å². The third kappa shape index (κ3) is 6.59. The molecule has 0 radical (unpaired) electrons. The first-order chi connectivity index (χ1) is 19.3. The van der Waals surface area contributed by atoms with Crippen LogP contribution in [0.25, 0.3) is 16.3 Å². The number of fused-ring (bicyclic) bond motifs is 1. The maximum atomic E-state index is 12.8. The maximum absolute atomic E-state index is 12.8. The lowest BCUT2D eigenvalue weighted by Crippen LogP contribution is -2.17. The third-order valence-corrected chi connectivity index (χ3v) is 7.02. The molecular weight excluding hydrogens is 556 g/mol. The highest BCUT2D eigenvalue weighted by molar-refractivity contribution is 7.16. The molecule has 4 rings (SSSR count). The van der Waals surface area contributed by atoms with Gasteiger partial charge in [-0.2, -0.15) is 0 Å². The van der Waals surface area contributed by atoms with Crippen LogP contribution in [0.15, 0.2) is 82.3 Å². The standard InChI is InChI=1S/C29H25ClN2O7S/c1-36-27(33)23(28(34)37-2)16-18-4-11-22(12-5-18)39-15-14-32-24-13-8-20(17-25(24)40-29(32)35)26(31-38-3)19-6-9-21(30)10-7-19/h4-13,16-17H,14-15H2,1-3H3. The fourth-order valence-corrected chi connectivity index (χ4v) is 4.98. The molecule has 1 aromatic heterocycles. The minimum Gasteiger partial charge on any atom is -0.492 e. The summed E-state index contributed by atoms with van der Waals surface area (Å²) in [5.41, 5.74) is 3.41. The van der Waals surface area contributed by atoms with Gasteiger partial charge < -0.3 is 19.0 Å². The summed E-state index contributed by atoms with van der Waals surface area (Å²) < 4.78 is 17.6. The molecule has 0 saturated heterocycles. The van der Waals surface area contributed by atoms with Crippen LogP contribution in [0.3, 0.4) is 0 Å². The number of carbonyl (C=O) groups excluding carboxylic acids is 2. The Hall–Kier alpha value is -4.41. The summed E-state index contributed by atoms with van der Waals surface area (Å²) in [7, 11) is 3.85. The van der Waals surface area contributed by atoms with Gasteiger partial charge in [0.1, 0.15) is 30.8 Å². The summed E-state index contributed by atoms with van der Waals surface area (Å²) in [6, 6.07) is 19.7. The molecule has 4 aromatic rings. The van der Waals surface area contributed by atoms with Crippen LogP contribution in [0.1, 0.15) is 16.7 Å². The molecule has 11 heteroatoms. The molecular formula is C29H25ClN2O7S. The molecule has 0 bridgehead atoms. The van der Waals surface area contributed by atoms with Crippen molar-refractivity contribution in [3.8, 4) is 5.75 Å². The molecule has 0 aliphatic rings. The average molecular weight is 581 g/mol. The van der Waals surface area contributed by atoms with Crippen LogP contribution in [-0.4, -0.2) is 50.2 Å². The van der Waals surface area contributed by atoms with Crippen molar-refractivity contribution in [2.75, 3.05) is 27.9 Å². The first-order valence-electron chi connectivity index (χ1n) is 12.0. The van der Waals surface area contributed by atoms with Gasteiger partial charge in [0.05, 0.1) is 31.0 Å². The first kappa shape index (κ1) is 28.6. The Kier molecular flexibility index (Phi) is 9.36. The fraction of sp³-hybridized carbons (Fsp3) is 0.172. The van der Waals surface area contributed by atoms with Crippen molar-refractivity contribution in [1.82, 2.24) is 4.57 Å². The summed E-state index contributed by atoms with van der Waals surface area (Å²) >= 11 is 7.17. The number of benzene rings is 3. The van der Waals surface area contributed by atoms with Crippen LogP contribution in [0, 0.1) is 0 Å². The van der Waals surface area contributed by atoms with Crippen molar-refractivity contribution in [2.24, 2.45) is 5.16 Å². The molecule has 1 heterocycles. The summed E-state index contributed by atoms with van der Waals surface area (Å²) in [6.07, 6.45) is 1.38. The van der Waals surface area contributed by atoms with E-state index in [1.807, 2.05) is 30.3 Å². The summed E-state index contributed by atoms with van der Waals surface area (Å²) in [6.45, 7) is 0.588. The predicted molar refractivity (Wildman–Crippen MR) is 154 cm³/mol. The zero-order valence-corrected chi connectivity index (χ0v) is 23.5. The van der Waals surface area contributed by atoms with Gasteiger partial charge in [0.15, 0.2) is 0 Å². The van der Waals surface area contributed by atoms with E-state index in [1.54, 1.807) is 41.0 Å². The second kappa shape index (κ2) is 13.1. The van der Waals surface area contributed by atoms with Gasteiger partial charge in [-0.3, -0.25) is 9.36 Å². The zero-order valence-electron chi connectivity index (χ0n) is 21.9. The summed E-state index contributed by atoms with van der Waals surface area (Å²) in [5.74, 6) is -1.02. The molecule has 9 nitrogen and oxygen atoms in total. The molecule has 0 fully saturated rings. The molecule has 0 saturated carbocycles. The zero-order chi connectivity index (χ0) is 28.6. The number of esters is 2. The SMILES string of the molecule is CON=C(c1ccc(Cl)cc1)c1ccc2c(c1)sc(=O)n2CCOc1ccc(C=C(C(=O)OC)C(=O)OC)cc1. The lowest BCUT2D eigenvalue weighted by molar-refractivity contribution is -0.143. The number of hydrogen-bond donors (Lipinski definition) is 0. The van der Waals surface area contributed by atoms with Crippen molar-refractivity contribution in [3.05, 3.63) is 104 Å². The van der Waals surface area contributed by atoms with E-state index in [1.165, 1.54) is 27.4 Å². The number of carbonyl (C=O) groups is 2. The normalized spacial score (nSPS) is 11.2. The van der Waals surface area contributed by atoms with Crippen LogP contribution in [0.2, 0.25) is 5.02 Å². The average Bonchev–Trinajstić information content (AvgIpc) is 3.29. The van der Waals surface area contributed by atoms with Gasteiger partial charge >= 0.3 is 16.8 Å². The Morgan fingerprint density at radius 3 is 2.20 bits per heavy atom. The van der Waals surface area contributed by atoms with E-state index in [2.05, 4.69) is 14.6 Å². The number of rotatable bonds is 10. The Bertz CT molecular complexity index is 1620. The Balaban J connectivity index is 1.47. The van der Waals surface area contributed by atoms with E-state index in [0.717, 1.165) is 32.7 Å². The van der Waals surface area contributed by atoms with E-state index in [9.17, 15) is 14.4 Å². The molecule has 0 amide bonds. The molecule has 0 N–H and O–H groups in total. The summed E-state index contributed by atoms with van der Waals surface area (Å²) in [4.78, 5) is 41.5. The molecule has 0 atom stereocenters. The molecule has 3 aromatic carbocycles. The molecule has 0 aliphatic carbocycles. The Morgan fingerprint density at radius 2 is 1.57 bits per heavy atom. The van der Waals surface area contributed by atoms with Crippen molar-refractivity contribution in [3.63, 3.8) is 0 Å². The quantitative estimate of drug-likeness (QED) is 0.0654. The highest BCUT2D eigenvalue weighted by atomic mass is 35.5. The van der Waals surface area contributed by atoms with E-state index in [0.29, 0.717) is 28.6 Å². The number of ether oxygens (including phenoxy) is 3. The number of hydrogen-bond acceptors (Lipinski definition) is 9. The van der Waals surface area contributed by atoms with E-state index < -0.39 is 11.9 Å². The first-order valence-corrected chi connectivity index (χ1v) is 13.2. The van der Waals surface area contributed by atoms with E-state index in [4.69, 9.17) is 21.2 Å². The lowest BCUT2D eigenvalue weighted by Gasteiger charge is -2.09. The number of methoxy groups -OCH3 is 2. The molecule has 40 heavy (non-hydrogen) atoms. The van der Waals surface area contributed by atoms with Gasteiger partial charge in [0, 0.05) is 16.1 Å². The Labute approximate surface area is 238 Å². The lowest BCUT2D eigenvalue weighted by atomic mass is 10.0. The molecule has 0 aliphatic heterocycles. The topological polar surface area (TPSA) is 105 Å². The molecule has 0 unspecified atom stereocenters. The monoisotopic (exact) mass is 580 g/mol. The third-order valence-electron chi connectivity index (χ3n) is 5.83. The Morgan fingerprint density at radius 1 is 0.925 bits per heavy atom. The van der Waals surface area contributed by atoms with Gasteiger partial charge in [-0.25, -0.2) is 9.59 Å². The van der Waals surface area contributed by atoms with Gasteiger partial charge in [-0.15, -0.1) is 0 Å². The predicted octanol–water partition coefficient (Wildman–Crippen LogP) is 4.92. The van der Waals surface area contributed by atoms with Crippen LogP contribution < -0.4 is 9.61 Å². The number of halogens is 1. The summed E-state index contributed by atoms with van der Waals surface area (Å²) in [5, 5.41) is 4.80. The van der Waals surface area contributed by atoms with Gasteiger partial charge in [-0.1, -0.05) is 58.4 Å².